The topological polar surface area (TPSA) is 57.5 Å². The van der Waals surface area contributed by atoms with Crippen molar-refractivity contribution < 1.29 is 15.0 Å². The Labute approximate surface area is 110 Å². The molecule has 17 heavy (non-hydrogen) atoms. The molecule has 94 valence electrons. The largest absolute Gasteiger partial charge is 0.507 e. The highest BCUT2D eigenvalue weighted by molar-refractivity contribution is 9.10. The van der Waals surface area contributed by atoms with E-state index in [0.717, 1.165) is 26.7 Å². The number of hydrogen-bond donors (Lipinski definition) is 2. The summed E-state index contributed by atoms with van der Waals surface area (Å²) >= 11 is 3.48. The molecule has 0 saturated heterocycles. The van der Waals surface area contributed by atoms with Gasteiger partial charge in [0.1, 0.15) is 5.75 Å². The third-order valence-corrected chi connectivity index (χ3v) is 4.44. The van der Waals surface area contributed by atoms with Crippen LogP contribution in [0.3, 0.4) is 0 Å². The van der Waals surface area contributed by atoms with Crippen LogP contribution in [0.5, 0.6) is 5.75 Å². The van der Waals surface area contributed by atoms with Gasteiger partial charge in [0.15, 0.2) is 0 Å². The second-order valence-electron chi connectivity index (χ2n) is 4.46. The summed E-state index contributed by atoms with van der Waals surface area (Å²) < 4.78 is 0.945. The molecule has 0 spiro atoms. The first-order valence-electron chi connectivity index (χ1n) is 5.47. The summed E-state index contributed by atoms with van der Waals surface area (Å²) in [7, 11) is 0. The molecule has 1 atom stereocenters. The Balaban J connectivity index is 3.30. The lowest BCUT2D eigenvalue weighted by Gasteiger charge is -2.17. The van der Waals surface area contributed by atoms with E-state index in [4.69, 9.17) is 5.11 Å². The lowest BCUT2D eigenvalue weighted by molar-refractivity contribution is -0.141. The zero-order chi connectivity index (χ0) is 13.3. The number of rotatable bonds is 3. The Kier molecular flexibility index (Phi) is 4.20. The number of aromatic hydroxyl groups is 1. The maximum absolute atomic E-state index is 10.9. The molecule has 0 saturated carbocycles. The Morgan fingerprint density at radius 1 is 1.24 bits per heavy atom. The number of carbonyl (C=O) groups is 1. The Morgan fingerprint density at radius 2 is 1.76 bits per heavy atom. The number of phenolic OH excluding ortho intramolecular Hbond substituents is 1. The molecule has 0 heterocycles. The molecule has 1 aromatic rings. The van der Waals surface area contributed by atoms with E-state index in [0.29, 0.717) is 6.42 Å². The molecule has 0 aromatic heterocycles. The number of hydrogen-bond acceptors (Lipinski definition) is 2. The number of benzene rings is 1. The van der Waals surface area contributed by atoms with Gasteiger partial charge in [0.25, 0.3) is 0 Å². The molecule has 4 heteroatoms. The standard InChI is InChI=1S/C13H17BrO3/c1-6(13(16)17)5-10-9(4)11(14)7(2)8(3)12(10)15/h6,15H,5H2,1-4H3,(H,16,17). The van der Waals surface area contributed by atoms with E-state index in [1.807, 2.05) is 20.8 Å². The van der Waals surface area contributed by atoms with Crippen LogP contribution in [0.2, 0.25) is 0 Å². The number of carboxylic acids is 1. The SMILES string of the molecule is Cc1c(C)c(Br)c(C)c(CC(C)C(=O)O)c1O. The first-order chi connectivity index (χ1) is 7.77. The third-order valence-electron chi connectivity index (χ3n) is 3.25. The Morgan fingerprint density at radius 3 is 2.24 bits per heavy atom. The minimum absolute atomic E-state index is 0.219. The maximum atomic E-state index is 10.9. The summed E-state index contributed by atoms with van der Waals surface area (Å²) in [5, 5.41) is 19.0. The van der Waals surface area contributed by atoms with Gasteiger partial charge in [-0.1, -0.05) is 22.9 Å². The fourth-order valence-electron chi connectivity index (χ4n) is 1.80. The first-order valence-corrected chi connectivity index (χ1v) is 6.26. The number of aliphatic carboxylic acids is 1. The van der Waals surface area contributed by atoms with E-state index in [2.05, 4.69) is 15.9 Å². The number of phenols is 1. The summed E-state index contributed by atoms with van der Waals surface area (Å²) in [6.07, 6.45) is 0.340. The zero-order valence-corrected chi connectivity index (χ0v) is 12.1. The summed E-state index contributed by atoms with van der Waals surface area (Å²) in [5.41, 5.74) is 3.43. The first kappa shape index (κ1) is 14.0. The Hall–Kier alpha value is -1.03. The smallest absolute Gasteiger partial charge is 0.306 e. The monoisotopic (exact) mass is 300 g/mol. The van der Waals surface area contributed by atoms with Gasteiger partial charge in [0.2, 0.25) is 0 Å². The summed E-state index contributed by atoms with van der Waals surface area (Å²) in [4.78, 5) is 10.9. The van der Waals surface area contributed by atoms with Crippen molar-refractivity contribution in [1.82, 2.24) is 0 Å². The molecule has 3 nitrogen and oxygen atoms in total. The van der Waals surface area contributed by atoms with E-state index >= 15 is 0 Å². The molecule has 0 bridgehead atoms. The molecule has 0 aliphatic rings. The van der Waals surface area contributed by atoms with Crippen LogP contribution in [0, 0.1) is 26.7 Å². The summed E-state index contributed by atoms with van der Waals surface area (Å²) in [6, 6.07) is 0. The van der Waals surface area contributed by atoms with Crippen LogP contribution in [0.1, 0.15) is 29.2 Å². The minimum Gasteiger partial charge on any atom is -0.507 e. The van der Waals surface area contributed by atoms with Crippen LogP contribution in [-0.2, 0) is 11.2 Å². The van der Waals surface area contributed by atoms with E-state index in [9.17, 15) is 9.90 Å². The molecular formula is C13H17BrO3. The molecule has 0 fully saturated rings. The van der Waals surface area contributed by atoms with Crippen molar-refractivity contribution in [2.75, 3.05) is 0 Å². The van der Waals surface area contributed by atoms with Crippen LogP contribution in [0.15, 0.2) is 4.47 Å². The van der Waals surface area contributed by atoms with Gasteiger partial charge in [0, 0.05) is 4.47 Å². The molecule has 0 aliphatic carbocycles. The second-order valence-corrected chi connectivity index (χ2v) is 5.25. The number of carboxylic acid groups (broad SMARTS) is 1. The van der Waals surface area contributed by atoms with E-state index in [1.54, 1.807) is 6.92 Å². The molecule has 2 N–H and O–H groups in total. The average molecular weight is 301 g/mol. The van der Waals surface area contributed by atoms with Crippen LogP contribution < -0.4 is 0 Å². The van der Waals surface area contributed by atoms with Gasteiger partial charge in [0.05, 0.1) is 5.92 Å². The fraction of sp³-hybridized carbons (Fsp3) is 0.462. The molecule has 0 amide bonds. The van der Waals surface area contributed by atoms with Crippen molar-refractivity contribution in [3.63, 3.8) is 0 Å². The van der Waals surface area contributed by atoms with Crippen molar-refractivity contribution in [2.24, 2.45) is 5.92 Å². The average Bonchev–Trinajstić information content (AvgIpc) is 2.29. The van der Waals surface area contributed by atoms with Gasteiger partial charge < -0.3 is 10.2 Å². The van der Waals surface area contributed by atoms with Crippen LogP contribution in [0.4, 0.5) is 0 Å². The lowest BCUT2D eigenvalue weighted by Crippen LogP contribution is -2.13. The molecular weight excluding hydrogens is 284 g/mol. The Bertz CT molecular complexity index is 437. The predicted octanol–water partition coefficient (Wildman–Crippen LogP) is 3.34. The highest BCUT2D eigenvalue weighted by Crippen LogP contribution is 2.36. The van der Waals surface area contributed by atoms with E-state index in [-0.39, 0.29) is 5.75 Å². The zero-order valence-electron chi connectivity index (χ0n) is 10.5. The van der Waals surface area contributed by atoms with Crippen LogP contribution in [0.25, 0.3) is 0 Å². The second kappa shape index (κ2) is 5.08. The molecule has 1 aromatic carbocycles. The normalized spacial score (nSPS) is 12.5. The molecule has 1 rings (SSSR count). The summed E-state index contributed by atoms with van der Waals surface area (Å²) in [5.74, 6) is -1.14. The van der Waals surface area contributed by atoms with Crippen LogP contribution in [-0.4, -0.2) is 16.2 Å². The van der Waals surface area contributed by atoms with E-state index in [1.165, 1.54) is 0 Å². The van der Waals surface area contributed by atoms with Crippen molar-refractivity contribution in [2.45, 2.75) is 34.1 Å². The maximum Gasteiger partial charge on any atom is 0.306 e. The van der Waals surface area contributed by atoms with Gasteiger partial charge in [-0.15, -0.1) is 0 Å². The van der Waals surface area contributed by atoms with Crippen molar-refractivity contribution in [3.05, 3.63) is 26.7 Å². The lowest BCUT2D eigenvalue weighted by atomic mass is 9.92. The van der Waals surface area contributed by atoms with E-state index < -0.39 is 11.9 Å². The van der Waals surface area contributed by atoms with Crippen molar-refractivity contribution in [3.8, 4) is 5.75 Å². The minimum atomic E-state index is -0.849. The van der Waals surface area contributed by atoms with Gasteiger partial charge in [-0.2, -0.15) is 0 Å². The van der Waals surface area contributed by atoms with Gasteiger partial charge in [-0.25, -0.2) is 0 Å². The fourth-order valence-corrected chi connectivity index (χ4v) is 2.34. The highest BCUT2D eigenvalue weighted by atomic mass is 79.9. The van der Waals surface area contributed by atoms with Crippen LogP contribution >= 0.6 is 15.9 Å². The summed E-state index contributed by atoms with van der Waals surface area (Å²) in [6.45, 7) is 7.30. The molecule has 0 radical (unpaired) electrons. The highest BCUT2D eigenvalue weighted by Gasteiger charge is 2.20. The quantitative estimate of drug-likeness (QED) is 0.900. The van der Waals surface area contributed by atoms with Gasteiger partial charge in [-0.05, 0) is 49.4 Å². The van der Waals surface area contributed by atoms with Crippen molar-refractivity contribution >= 4 is 21.9 Å². The third kappa shape index (κ3) is 2.63. The predicted molar refractivity (Wildman–Crippen MR) is 70.5 cm³/mol. The van der Waals surface area contributed by atoms with Crippen molar-refractivity contribution in [1.29, 1.82) is 0 Å². The van der Waals surface area contributed by atoms with Gasteiger partial charge >= 0.3 is 5.97 Å². The van der Waals surface area contributed by atoms with Gasteiger partial charge in [-0.3, -0.25) is 4.79 Å². The molecule has 0 aliphatic heterocycles. The number of halogens is 1. The molecule has 1 unspecified atom stereocenters.